The fourth-order valence-corrected chi connectivity index (χ4v) is 4.95. The van der Waals surface area contributed by atoms with Crippen molar-refractivity contribution in [1.29, 1.82) is 0 Å². The van der Waals surface area contributed by atoms with Crippen molar-refractivity contribution in [3.8, 4) is 11.5 Å². The second-order valence-corrected chi connectivity index (χ2v) is 10.1. The van der Waals surface area contributed by atoms with Gasteiger partial charge in [0, 0.05) is 18.3 Å². The molecule has 1 atom stereocenters. The van der Waals surface area contributed by atoms with Crippen molar-refractivity contribution >= 4 is 28.5 Å². The molecule has 0 aliphatic carbocycles. The van der Waals surface area contributed by atoms with E-state index in [9.17, 15) is 9.59 Å². The lowest BCUT2D eigenvalue weighted by molar-refractivity contribution is -0.140. The number of hydrogen-bond acceptors (Lipinski definition) is 6. The number of rotatable bonds is 8. The summed E-state index contributed by atoms with van der Waals surface area (Å²) in [5.41, 5.74) is 5.69. The monoisotopic (exact) mass is 547 g/mol. The first-order valence-electron chi connectivity index (χ1n) is 13.4. The van der Waals surface area contributed by atoms with E-state index in [4.69, 9.17) is 9.47 Å². The summed E-state index contributed by atoms with van der Waals surface area (Å²) in [5.74, 6) is 0.559. The molecule has 0 saturated heterocycles. The molecule has 1 unspecified atom stereocenters. The van der Waals surface area contributed by atoms with Gasteiger partial charge in [-0.3, -0.25) is 9.59 Å². The van der Waals surface area contributed by atoms with Gasteiger partial charge in [0.2, 0.25) is 12.7 Å². The molecule has 0 spiro atoms. The van der Waals surface area contributed by atoms with E-state index in [2.05, 4.69) is 15.6 Å². The van der Waals surface area contributed by atoms with E-state index in [1.54, 1.807) is 27.8 Å². The van der Waals surface area contributed by atoms with Crippen LogP contribution in [0.25, 0.3) is 11.0 Å². The first-order valence-corrected chi connectivity index (χ1v) is 13.4. The highest BCUT2D eigenvalue weighted by atomic mass is 16.7. The number of aromatic nitrogens is 3. The van der Waals surface area contributed by atoms with E-state index in [0.29, 0.717) is 28.3 Å². The number of nitrogens with one attached hydrogen (secondary N) is 1. The van der Waals surface area contributed by atoms with Gasteiger partial charge in [-0.05, 0) is 54.8 Å². The zero-order valence-corrected chi connectivity index (χ0v) is 22.8. The molecule has 0 radical (unpaired) electrons. The van der Waals surface area contributed by atoms with Crippen LogP contribution in [-0.4, -0.2) is 38.5 Å². The largest absolute Gasteiger partial charge is 0.454 e. The van der Waals surface area contributed by atoms with E-state index in [1.165, 1.54) is 0 Å². The Morgan fingerprint density at radius 3 is 2.51 bits per heavy atom. The predicted molar refractivity (Wildman–Crippen MR) is 154 cm³/mol. The zero-order valence-electron chi connectivity index (χ0n) is 22.8. The Morgan fingerprint density at radius 1 is 0.927 bits per heavy atom. The summed E-state index contributed by atoms with van der Waals surface area (Å²) in [6, 6.07) is 27.3. The van der Waals surface area contributed by atoms with Crippen LogP contribution in [0.5, 0.6) is 11.5 Å². The lowest BCUT2D eigenvalue weighted by atomic mass is 10.0. The highest BCUT2D eigenvalue weighted by molar-refractivity contribution is 5.98. The molecule has 1 aromatic heterocycles. The highest BCUT2D eigenvalue weighted by Gasteiger charge is 2.33. The molecule has 0 saturated carbocycles. The van der Waals surface area contributed by atoms with Gasteiger partial charge in [-0.15, -0.1) is 5.10 Å². The van der Waals surface area contributed by atoms with Crippen molar-refractivity contribution < 1.29 is 19.1 Å². The predicted octanol–water partition coefficient (Wildman–Crippen LogP) is 5.19. The van der Waals surface area contributed by atoms with Crippen molar-refractivity contribution in [3.63, 3.8) is 0 Å². The Kier molecular flexibility index (Phi) is 7.08. The van der Waals surface area contributed by atoms with E-state index < -0.39 is 6.04 Å². The maximum absolute atomic E-state index is 14.2. The summed E-state index contributed by atoms with van der Waals surface area (Å²) < 4.78 is 12.5. The van der Waals surface area contributed by atoms with Gasteiger partial charge in [-0.2, -0.15) is 0 Å². The third kappa shape index (κ3) is 5.47. The number of anilines is 1. The fraction of sp³-hybridized carbons (Fsp3) is 0.188. The number of ether oxygens (including phenoxy) is 2. The Hall–Kier alpha value is -5.18. The average molecular weight is 548 g/mol. The number of para-hydroxylation sites is 1. The Balaban J connectivity index is 1.39. The van der Waals surface area contributed by atoms with E-state index in [1.807, 2.05) is 86.6 Å². The van der Waals surface area contributed by atoms with Crippen molar-refractivity contribution in [3.05, 3.63) is 113 Å². The van der Waals surface area contributed by atoms with Gasteiger partial charge < -0.3 is 19.7 Å². The SMILES string of the molecule is Cc1ccc(C(C(=O)Nc2ccc3c(c2)OCO3)N(Cc2ccccc2C)C(=O)Cn2nnc3ccccc32)cc1. The molecule has 9 nitrogen and oxygen atoms in total. The molecule has 0 bridgehead atoms. The van der Waals surface area contributed by atoms with Crippen LogP contribution < -0.4 is 14.8 Å². The van der Waals surface area contributed by atoms with Crippen molar-refractivity contribution in [1.82, 2.24) is 19.9 Å². The molecule has 6 rings (SSSR count). The molecule has 1 aliphatic rings. The molecule has 2 heterocycles. The summed E-state index contributed by atoms with van der Waals surface area (Å²) in [6.45, 7) is 4.26. The van der Waals surface area contributed by atoms with Gasteiger partial charge in [0.05, 0.1) is 5.52 Å². The van der Waals surface area contributed by atoms with Crippen LogP contribution >= 0.6 is 0 Å². The van der Waals surface area contributed by atoms with Crippen LogP contribution in [-0.2, 0) is 22.7 Å². The topological polar surface area (TPSA) is 98.6 Å². The molecule has 41 heavy (non-hydrogen) atoms. The molecule has 9 heteroatoms. The molecular formula is C32H29N5O4. The molecule has 0 fully saturated rings. The minimum atomic E-state index is -0.928. The van der Waals surface area contributed by atoms with Gasteiger partial charge in [0.25, 0.3) is 5.91 Å². The summed E-state index contributed by atoms with van der Waals surface area (Å²) >= 11 is 0. The fourth-order valence-electron chi connectivity index (χ4n) is 4.95. The summed E-state index contributed by atoms with van der Waals surface area (Å²) in [4.78, 5) is 29.9. The summed E-state index contributed by atoms with van der Waals surface area (Å²) in [7, 11) is 0. The van der Waals surface area contributed by atoms with E-state index in [-0.39, 0.29) is 31.7 Å². The van der Waals surface area contributed by atoms with Crippen molar-refractivity contribution in [2.75, 3.05) is 12.1 Å². The number of nitrogens with zero attached hydrogens (tertiary/aromatic N) is 4. The first-order chi connectivity index (χ1) is 20.0. The van der Waals surface area contributed by atoms with Crippen molar-refractivity contribution in [2.45, 2.75) is 33.0 Å². The lowest BCUT2D eigenvalue weighted by Crippen LogP contribution is -2.42. The minimum Gasteiger partial charge on any atom is -0.454 e. The smallest absolute Gasteiger partial charge is 0.251 e. The normalized spacial score (nSPS) is 12.7. The third-order valence-corrected chi connectivity index (χ3v) is 7.22. The number of carbonyl (C=O) groups excluding carboxylic acids is 2. The molecule has 1 aliphatic heterocycles. The number of amides is 2. The molecule has 5 aromatic rings. The zero-order chi connectivity index (χ0) is 28.3. The van der Waals surface area contributed by atoms with Crippen LogP contribution in [0.15, 0.2) is 91.0 Å². The number of aryl methyl sites for hydroxylation is 2. The number of hydrogen-bond donors (Lipinski definition) is 1. The van der Waals surface area contributed by atoms with E-state index >= 15 is 0 Å². The molecule has 206 valence electrons. The Labute approximate surface area is 237 Å². The maximum Gasteiger partial charge on any atom is 0.251 e. The summed E-state index contributed by atoms with van der Waals surface area (Å²) in [6.07, 6.45) is 0. The average Bonchev–Trinajstić information content (AvgIpc) is 3.61. The van der Waals surface area contributed by atoms with Crippen molar-refractivity contribution in [2.24, 2.45) is 0 Å². The molecular weight excluding hydrogens is 518 g/mol. The van der Waals surface area contributed by atoms with Gasteiger partial charge in [-0.25, -0.2) is 4.68 Å². The summed E-state index contributed by atoms with van der Waals surface area (Å²) in [5, 5.41) is 11.4. The molecule has 1 N–H and O–H groups in total. The standard InChI is InChI=1S/C32H29N5O4/c1-21-11-13-23(14-12-21)31(32(39)33-25-15-16-28-29(17-25)41-20-40-28)36(18-24-8-4-3-7-22(24)2)30(38)19-37-27-10-6-5-9-26(27)34-35-37/h3-17,31H,18-20H2,1-2H3,(H,33,39). The third-order valence-electron chi connectivity index (χ3n) is 7.22. The first kappa shape index (κ1) is 26.1. The Bertz CT molecular complexity index is 1730. The van der Waals surface area contributed by atoms with E-state index in [0.717, 1.165) is 22.2 Å². The van der Waals surface area contributed by atoms with Crippen LogP contribution in [0.4, 0.5) is 5.69 Å². The van der Waals surface area contributed by atoms with Gasteiger partial charge >= 0.3 is 0 Å². The number of fused-ring (bicyclic) bond motifs is 2. The van der Waals surface area contributed by atoms with Gasteiger partial charge in [-0.1, -0.05) is 71.4 Å². The Morgan fingerprint density at radius 2 is 1.68 bits per heavy atom. The van der Waals surface area contributed by atoms with Crippen LogP contribution in [0.1, 0.15) is 28.3 Å². The van der Waals surface area contributed by atoms with Crippen LogP contribution in [0.3, 0.4) is 0 Å². The van der Waals surface area contributed by atoms with Gasteiger partial charge in [0.15, 0.2) is 11.5 Å². The van der Waals surface area contributed by atoms with Crippen LogP contribution in [0, 0.1) is 13.8 Å². The maximum atomic E-state index is 14.2. The number of benzene rings is 4. The number of carbonyl (C=O) groups is 2. The lowest BCUT2D eigenvalue weighted by Gasteiger charge is -2.32. The minimum absolute atomic E-state index is 0.0773. The molecule has 2 amide bonds. The quantitative estimate of drug-likeness (QED) is 0.287. The highest BCUT2D eigenvalue weighted by Crippen LogP contribution is 2.35. The van der Waals surface area contributed by atoms with Crippen LogP contribution in [0.2, 0.25) is 0 Å². The second-order valence-electron chi connectivity index (χ2n) is 10.1. The van der Waals surface area contributed by atoms with Gasteiger partial charge in [0.1, 0.15) is 18.1 Å². The second kappa shape index (κ2) is 11.1. The molecule has 4 aromatic carbocycles.